The summed E-state index contributed by atoms with van der Waals surface area (Å²) in [6.07, 6.45) is -1.07. The van der Waals surface area contributed by atoms with Crippen molar-refractivity contribution in [1.29, 1.82) is 0 Å². The molecule has 0 aromatic rings. The van der Waals surface area contributed by atoms with Crippen LogP contribution in [0.5, 0.6) is 0 Å². The molecule has 0 aliphatic heterocycles. The van der Waals surface area contributed by atoms with E-state index in [0.717, 1.165) is 12.8 Å². The summed E-state index contributed by atoms with van der Waals surface area (Å²) < 4.78 is 35.6. The summed E-state index contributed by atoms with van der Waals surface area (Å²) in [6, 6.07) is 0. The van der Waals surface area contributed by atoms with Crippen molar-refractivity contribution in [2.24, 2.45) is 5.92 Å². The van der Waals surface area contributed by atoms with Gasteiger partial charge in [0.2, 0.25) is 5.91 Å². The van der Waals surface area contributed by atoms with Gasteiger partial charge in [0.1, 0.15) is 6.54 Å². The zero-order chi connectivity index (χ0) is 14.5. The second kappa shape index (κ2) is 6.56. The summed E-state index contributed by atoms with van der Waals surface area (Å²) in [6.45, 7) is 0.749. The first-order chi connectivity index (χ1) is 8.70. The summed E-state index contributed by atoms with van der Waals surface area (Å²) in [5, 5.41) is 14.7. The predicted molar refractivity (Wildman–Crippen MR) is 64.5 cm³/mol. The lowest BCUT2D eigenvalue weighted by atomic mass is 9.79. The monoisotopic (exact) mass is 282 g/mol. The molecule has 4 nitrogen and oxygen atoms in total. The third-order valence-electron chi connectivity index (χ3n) is 3.29. The zero-order valence-corrected chi connectivity index (χ0v) is 11.0. The first-order valence-corrected chi connectivity index (χ1v) is 6.47. The Kier molecular flexibility index (Phi) is 5.61. The molecule has 0 saturated heterocycles. The molecule has 1 saturated carbocycles. The number of nitrogens with one attached hydrogen (secondary N) is 2. The summed E-state index contributed by atoms with van der Waals surface area (Å²) in [5.41, 5.74) is -0.845. The predicted octanol–water partition coefficient (Wildman–Crippen LogP) is 1.20. The molecule has 0 bridgehead atoms. The van der Waals surface area contributed by atoms with E-state index in [1.165, 1.54) is 0 Å². The van der Waals surface area contributed by atoms with Crippen molar-refractivity contribution in [2.75, 3.05) is 19.6 Å². The van der Waals surface area contributed by atoms with Gasteiger partial charge in [0.15, 0.2) is 0 Å². The van der Waals surface area contributed by atoms with Crippen LogP contribution in [-0.2, 0) is 4.79 Å². The zero-order valence-electron chi connectivity index (χ0n) is 11.0. The van der Waals surface area contributed by atoms with Crippen LogP contribution >= 0.6 is 0 Å². The molecule has 0 aromatic heterocycles. The third-order valence-corrected chi connectivity index (χ3v) is 3.29. The highest BCUT2D eigenvalue weighted by Crippen LogP contribution is 2.31. The molecule has 0 heterocycles. The van der Waals surface area contributed by atoms with Gasteiger partial charge in [-0.05, 0) is 18.8 Å². The van der Waals surface area contributed by atoms with Gasteiger partial charge in [0.25, 0.3) is 0 Å². The highest BCUT2D eigenvalue weighted by Gasteiger charge is 2.32. The normalized spacial score (nSPS) is 28.2. The fourth-order valence-corrected chi connectivity index (χ4v) is 2.46. The average Bonchev–Trinajstić information content (AvgIpc) is 2.25. The van der Waals surface area contributed by atoms with Crippen molar-refractivity contribution in [1.82, 2.24) is 10.6 Å². The van der Waals surface area contributed by atoms with Gasteiger partial charge in [-0.1, -0.05) is 19.8 Å². The molecule has 112 valence electrons. The first kappa shape index (κ1) is 16.2. The largest absolute Gasteiger partial charge is 0.405 e. The van der Waals surface area contributed by atoms with Crippen molar-refractivity contribution in [3.63, 3.8) is 0 Å². The minimum atomic E-state index is -4.40. The second-order valence-electron chi connectivity index (χ2n) is 5.42. The van der Waals surface area contributed by atoms with Crippen LogP contribution in [0.4, 0.5) is 13.2 Å². The van der Waals surface area contributed by atoms with Crippen LogP contribution in [0.2, 0.25) is 0 Å². The smallest absolute Gasteiger partial charge is 0.389 e. The molecule has 3 N–H and O–H groups in total. The number of hydrogen-bond donors (Lipinski definition) is 3. The number of carbonyl (C=O) groups is 1. The molecule has 1 amide bonds. The van der Waals surface area contributed by atoms with Gasteiger partial charge in [0, 0.05) is 6.54 Å². The van der Waals surface area contributed by atoms with Crippen molar-refractivity contribution in [2.45, 2.75) is 44.4 Å². The van der Waals surface area contributed by atoms with E-state index in [9.17, 15) is 23.1 Å². The van der Waals surface area contributed by atoms with E-state index in [1.807, 2.05) is 0 Å². The van der Waals surface area contributed by atoms with Gasteiger partial charge in [-0.25, -0.2) is 0 Å². The lowest BCUT2D eigenvalue weighted by Gasteiger charge is -2.35. The number of hydrogen-bond acceptors (Lipinski definition) is 3. The first-order valence-electron chi connectivity index (χ1n) is 6.47. The Morgan fingerprint density at radius 2 is 2.16 bits per heavy atom. The molecule has 7 heteroatoms. The van der Waals surface area contributed by atoms with E-state index in [-0.39, 0.29) is 13.1 Å². The second-order valence-corrected chi connectivity index (χ2v) is 5.42. The van der Waals surface area contributed by atoms with Crippen LogP contribution in [0, 0.1) is 5.92 Å². The number of alkyl halides is 3. The molecular weight excluding hydrogens is 261 g/mol. The van der Waals surface area contributed by atoms with Crippen LogP contribution in [-0.4, -0.2) is 42.4 Å². The molecule has 1 rings (SSSR count). The van der Waals surface area contributed by atoms with E-state index < -0.39 is 24.2 Å². The highest BCUT2D eigenvalue weighted by molar-refractivity contribution is 5.78. The summed E-state index contributed by atoms with van der Waals surface area (Å²) in [5.74, 6) is -0.288. The Balaban J connectivity index is 2.20. The number of aliphatic hydroxyl groups is 1. The molecule has 1 aliphatic carbocycles. The lowest BCUT2D eigenvalue weighted by Crippen LogP contribution is -2.47. The Labute approximate surface area is 110 Å². The summed E-state index contributed by atoms with van der Waals surface area (Å²) >= 11 is 0. The average molecular weight is 282 g/mol. The quantitative estimate of drug-likeness (QED) is 0.710. The maximum absolute atomic E-state index is 11.9. The van der Waals surface area contributed by atoms with E-state index >= 15 is 0 Å². The molecule has 2 atom stereocenters. The molecule has 1 fully saturated rings. The molecule has 1 aliphatic rings. The minimum absolute atomic E-state index is 0.216. The minimum Gasteiger partial charge on any atom is -0.389 e. The third kappa shape index (κ3) is 6.77. The summed E-state index contributed by atoms with van der Waals surface area (Å²) in [7, 11) is 0. The molecule has 0 radical (unpaired) electrons. The Morgan fingerprint density at radius 3 is 2.74 bits per heavy atom. The molecule has 2 unspecified atom stereocenters. The van der Waals surface area contributed by atoms with Gasteiger partial charge in [-0.15, -0.1) is 0 Å². The Morgan fingerprint density at radius 1 is 1.47 bits per heavy atom. The SMILES string of the molecule is CC1CCCC(O)(CNCC(=O)NCC(F)(F)F)C1. The number of halogens is 3. The van der Waals surface area contributed by atoms with Crippen LogP contribution in [0.3, 0.4) is 0 Å². The van der Waals surface area contributed by atoms with Crippen LogP contribution < -0.4 is 10.6 Å². The maximum Gasteiger partial charge on any atom is 0.405 e. The van der Waals surface area contributed by atoms with Crippen LogP contribution in [0.25, 0.3) is 0 Å². The Bertz CT molecular complexity index is 310. The molecule has 0 spiro atoms. The standard InChI is InChI=1S/C12H21F3N2O2/c1-9-3-2-4-11(19,5-9)7-16-6-10(18)17-8-12(13,14)15/h9,16,19H,2-8H2,1H3,(H,17,18). The molecular formula is C12H21F3N2O2. The van der Waals surface area contributed by atoms with E-state index in [2.05, 4.69) is 12.2 Å². The van der Waals surface area contributed by atoms with Crippen molar-refractivity contribution < 1.29 is 23.1 Å². The van der Waals surface area contributed by atoms with Crippen molar-refractivity contribution in [3.05, 3.63) is 0 Å². The molecule has 0 aromatic carbocycles. The van der Waals surface area contributed by atoms with Gasteiger partial charge in [-0.3, -0.25) is 4.79 Å². The van der Waals surface area contributed by atoms with Crippen molar-refractivity contribution in [3.8, 4) is 0 Å². The van der Waals surface area contributed by atoms with E-state index in [0.29, 0.717) is 18.8 Å². The molecule has 19 heavy (non-hydrogen) atoms. The van der Waals surface area contributed by atoms with Gasteiger partial charge in [0.05, 0.1) is 12.1 Å². The highest BCUT2D eigenvalue weighted by atomic mass is 19.4. The lowest BCUT2D eigenvalue weighted by molar-refractivity contribution is -0.138. The Hall–Kier alpha value is -0.820. The van der Waals surface area contributed by atoms with E-state index in [4.69, 9.17) is 0 Å². The van der Waals surface area contributed by atoms with Gasteiger partial charge in [-0.2, -0.15) is 13.2 Å². The van der Waals surface area contributed by atoms with Crippen molar-refractivity contribution >= 4 is 5.91 Å². The maximum atomic E-state index is 11.9. The van der Waals surface area contributed by atoms with Gasteiger partial charge >= 0.3 is 6.18 Å². The fraction of sp³-hybridized carbons (Fsp3) is 0.917. The fourth-order valence-electron chi connectivity index (χ4n) is 2.46. The number of rotatable bonds is 5. The number of amides is 1. The van der Waals surface area contributed by atoms with E-state index in [1.54, 1.807) is 5.32 Å². The number of carbonyl (C=O) groups excluding carboxylic acids is 1. The summed E-state index contributed by atoms with van der Waals surface area (Å²) in [4.78, 5) is 11.1. The van der Waals surface area contributed by atoms with Crippen LogP contribution in [0.15, 0.2) is 0 Å². The van der Waals surface area contributed by atoms with Crippen LogP contribution in [0.1, 0.15) is 32.6 Å². The van der Waals surface area contributed by atoms with Gasteiger partial charge < -0.3 is 15.7 Å². The topological polar surface area (TPSA) is 61.4 Å².